The summed E-state index contributed by atoms with van der Waals surface area (Å²) >= 11 is 0. The lowest BCUT2D eigenvalue weighted by molar-refractivity contribution is -0.143. The smallest absolute Gasteiger partial charge is 0.305 e. The number of carbonyl (C=O) groups is 5. The van der Waals surface area contributed by atoms with Gasteiger partial charge >= 0.3 is 5.97 Å². The van der Waals surface area contributed by atoms with Gasteiger partial charge in [0.25, 0.3) is 0 Å². The predicted octanol–water partition coefficient (Wildman–Crippen LogP) is 2.70. The summed E-state index contributed by atoms with van der Waals surface area (Å²) in [5.41, 5.74) is 5.30. The van der Waals surface area contributed by atoms with Crippen LogP contribution in [-0.2, 0) is 47.7 Å². The van der Waals surface area contributed by atoms with Gasteiger partial charge in [-0.2, -0.15) is 0 Å². The molecule has 52 heavy (non-hydrogen) atoms. The number of ether oxygens (including phenoxy) is 5. The Morgan fingerprint density at radius 2 is 0.827 bits per heavy atom. The Morgan fingerprint density at radius 3 is 1.31 bits per heavy atom. The third kappa shape index (κ3) is 40.2. The molecule has 0 aliphatic carbocycles. The van der Waals surface area contributed by atoms with Crippen LogP contribution < -0.4 is 27.0 Å². The highest BCUT2D eigenvalue weighted by Gasteiger charge is 2.05. The molecule has 0 spiro atoms. The summed E-state index contributed by atoms with van der Waals surface area (Å²) in [5, 5.41) is 10.9. The minimum absolute atomic E-state index is 0. The fourth-order valence-electron chi connectivity index (χ4n) is 4.82. The van der Waals surface area contributed by atoms with Crippen molar-refractivity contribution in [1.82, 2.24) is 21.3 Å². The number of rotatable bonds is 38. The van der Waals surface area contributed by atoms with E-state index in [4.69, 9.17) is 29.4 Å². The highest BCUT2D eigenvalue weighted by Crippen LogP contribution is 2.13. The van der Waals surface area contributed by atoms with Gasteiger partial charge in [-0.1, -0.05) is 64.2 Å². The molecule has 0 bridgehead atoms. The Labute approximate surface area is 318 Å². The van der Waals surface area contributed by atoms with Crippen molar-refractivity contribution in [3.05, 3.63) is 0 Å². The van der Waals surface area contributed by atoms with Crippen molar-refractivity contribution in [3.8, 4) is 0 Å². The van der Waals surface area contributed by atoms with Gasteiger partial charge in [-0.3, -0.25) is 24.0 Å². The van der Waals surface area contributed by atoms with Crippen LogP contribution in [0.25, 0.3) is 0 Å². The van der Waals surface area contributed by atoms with Gasteiger partial charge in [-0.05, 0) is 26.2 Å². The van der Waals surface area contributed by atoms with E-state index < -0.39 is 0 Å². The van der Waals surface area contributed by atoms with Crippen molar-refractivity contribution in [2.24, 2.45) is 5.73 Å². The number of hydrogen-bond donors (Lipinski definition) is 5. The fourth-order valence-corrected chi connectivity index (χ4v) is 4.82. The molecule has 16 heteroatoms. The van der Waals surface area contributed by atoms with Crippen LogP contribution in [-0.4, -0.2) is 122 Å². The number of nitrogens with one attached hydrogen (secondary N) is 4. The standard InChI is InChI=1S/C36H69N5O10.ClH/c1-2-51-36(46)18-14-12-10-8-6-4-3-5-7-9-11-13-16-32(42)38-20-15-17-33(43)40-22-24-47-26-29-50-31-35(45)41-23-25-48-27-28-49-30-34(44)39-21-19-37;/h2-31,37H2,1H3,(H,38,42)(H,39,44)(H,40,43)(H,41,45);1H. The number of halogens is 1. The van der Waals surface area contributed by atoms with Gasteiger partial charge in [-0.25, -0.2) is 0 Å². The van der Waals surface area contributed by atoms with E-state index in [2.05, 4.69) is 21.3 Å². The van der Waals surface area contributed by atoms with Gasteiger partial charge in [0.15, 0.2) is 0 Å². The summed E-state index contributed by atoms with van der Waals surface area (Å²) in [6.07, 6.45) is 15.8. The molecule has 0 unspecified atom stereocenters. The van der Waals surface area contributed by atoms with Gasteiger partial charge < -0.3 is 50.7 Å². The first-order valence-electron chi connectivity index (χ1n) is 19.1. The molecule has 0 aromatic heterocycles. The van der Waals surface area contributed by atoms with Crippen molar-refractivity contribution in [3.63, 3.8) is 0 Å². The third-order valence-corrected chi connectivity index (χ3v) is 7.56. The summed E-state index contributed by atoms with van der Waals surface area (Å²) in [5.74, 6) is -0.622. The van der Waals surface area contributed by atoms with Gasteiger partial charge in [0.2, 0.25) is 23.6 Å². The Balaban J connectivity index is 0. The van der Waals surface area contributed by atoms with Crippen molar-refractivity contribution < 1.29 is 47.7 Å². The van der Waals surface area contributed by atoms with E-state index >= 15 is 0 Å². The third-order valence-electron chi connectivity index (χ3n) is 7.56. The molecule has 0 aromatic carbocycles. The highest BCUT2D eigenvalue weighted by molar-refractivity contribution is 5.85. The van der Waals surface area contributed by atoms with Crippen molar-refractivity contribution in [1.29, 1.82) is 0 Å². The molecule has 0 radical (unpaired) electrons. The lowest BCUT2D eigenvalue weighted by Gasteiger charge is -2.09. The van der Waals surface area contributed by atoms with Crippen LogP contribution >= 0.6 is 12.4 Å². The molecule has 0 rings (SSSR count). The number of amides is 4. The van der Waals surface area contributed by atoms with E-state index in [1.807, 2.05) is 6.92 Å². The number of esters is 1. The van der Waals surface area contributed by atoms with Crippen molar-refractivity contribution in [2.75, 3.05) is 92.2 Å². The first kappa shape index (κ1) is 51.5. The molecule has 306 valence electrons. The average Bonchev–Trinajstić information content (AvgIpc) is 3.11. The van der Waals surface area contributed by atoms with Gasteiger partial charge in [0.1, 0.15) is 13.2 Å². The molecular weight excluding hydrogens is 698 g/mol. The van der Waals surface area contributed by atoms with Crippen LogP contribution in [0.4, 0.5) is 0 Å². The fraction of sp³-hybridized carbons (Fsp3) is 0.861. The monoisotopic (exact) mass is 767 g/mol. The molecule has 15 nitrogen and oxygen atoms in total. The summed E-state index contributed by atoms with van der Waals surface area (Å²) in [6.45, 7) is 5.89. The van der Waals surface area contributed by atoms with Crippen LogP contribution in [0.1, 0.15) is 110 Å². The second kappa shape index (κ2) is 41.2. The number of hydrogen-bond acceptors (Lipinski definition) is 11. The SMILES string of the molecule is CCOC(=O)CCCCCCCCCCCCCCC(=O)NCCCC(=O)NCCOCCOCC(=O)NCCOCCOCC(=O)NCCN.Cl. The molecule has 6 N–H and O–H groups in total. The first-order chi connectivity index (χ1) is 24.9. The van der Waals surface area contributed by atoms with Crippen LogP contribution in [0.15, 0.2) is 0 Å². The number of nitrogens with two attached hydrogens (primary N) is 1. The minimum Gasteiger partial charge on any atom is -0.466 e. The van der Waals surface area contributed by atoms with Gasteiger partial charge in [0, 0.05) is 52.0 Å². The Kier molecular flexibility index (Phi) is 40.8. The van der Waals surface area contributed by atoms with Gasteiger partial charge in [0.05, 0.1) is 46.2 Å². The second-order valence-electron chi connectivity index (χ2n) is 12.2. The lowest BCUT2D eigenvalue weighted by Crippen LogP contribution is -2.32. The second-order valence-corrected chi connectivity index (χ2v) is 12.2. The van der Waals surface area contributed by atoms with Crippen molar-refractivity contribution >= 4 is 42.0 Å². The van der Waals surface area contributed by atoms with E-state index in [-0.39, 0.29) is 68.4 Å². The zero-order valence-corrected chi connectivity index (χ0v) is 32.6. The Bertz CT molecular complexity index is 888. The zero-order chi connectivity index (χ0) is 37.5. The van der Waals surface area contributed by atoms with Crippen LogP contribution in [0.3, 0.4) is 0 Å². The van der Waals surface area contributed by atoms with E-state index in [0.29, 0.717) is 91.4 Å². The quantitative estimate of drug-likeness (QED) is 0.0456. The molecule has 0 saturated heterocycles. The van der Waals surface area contributed by atoms with E-state index in [9.17, 15) is 24.0 Å². The molecule has 0 aliphatic rings. The number of unbranched alkanes of at least 4 members (excludes halogenated alkanes) is 11. The van der Waals surface area contributed by atoms with Crippen LogP contribution in [0.2, 0.25) is 0 Å². The molecule has 0 atom stereocenters. The van der Waals surface area contributed by atoms with Crippen LogP contribution in [0.5, 0.6) is 0 Å². The van der Waals surface area contributed by atoms with Gasteiger partial charge in [-0.15, -0.1) is 12.4 Å². The summed E-state index contributed by atoms with van der Waals surface area (Å²) in [6, 6.07) is 0. The molecule has 0 aliphatic heterocycles. The van der Waals surface area contributed by atoms with E-state index in [0.717, 1.165) is 32.1 Å². The van der Waals surface area contributed by atoms with E-state index in [1.54, 1.807) is 0 Å². The zero-order valence-electron chi connectivity index (χ0n) is 31.8. The average molecular weight is 768 g/mol. The van der Waals surface area contributed by atoms with Crippen LogP contribution in [0, 0.1) is 0 Å². The molecular formula is C36H70ClN5O10. The first-order valence-corrected chi connectivity index (χ1v) is 19.1. The Morgan fingerprint density at radius 1 is 0.442 bits per heavy atom. The molecule has 0 fully saturated rings. The normalized spacial score (nSPS) is 10.7. The minimum atomic E-state index is -0.267. The lowest BCUT2D eigenvalue weighted by atomic mass is 10.0. The maximum Gasteiger partial charge on any atom is 0.305 e. The topological polar surface area (TPSA) is 206 Å². The van der Waals surface area contributed by atoms with E-state index in [1.165, 1.54) is 44.9 Å². The molecule has 0 aromatic rings. The summed E-state index contributed by atoms with van der Waals surface area (Å²) < 4.78 is 26.1. The summed E-state index contributed by atoms with van der Waals surface area (Å²) in [4.78, 5) is 58.4. The Hall–Kier alpha value is -2.56. The maximum absolute atomic E-state index is 12.0. The predicted molar refractivity (Wildman–Crippen MR) is 202 cm³/mol. The molecule has 0 heterocycles. The summed E-state index contributed by atoms with van der Waals surface area (Å²) in [7, 11) is 0. The number of carbonyl (C=O) groups excluding carboxylic acids is 5. The van der Waals surface area contributed by atoms with Crippen molar-refractivity contribution in [2.45, 2.75) is 110 Å². The largest absolute Gasteiger partial charge is 0.466 e. The maximum atomic E-state index is 12.0. The molecule has 0 saturated carbocycles. The highest BCUT2D eigenvalue weighted by atomic mass is 35.5. The molecule has 4 amide bonds.